The first-order valence-electron chi connectivity index (χ1n) is 5.25. The van der Waals surface area contributed by atoms with Crippen molar-refractivity contribution in [2.75, 3.05) is 14.1 Å². The van der Waals surface area contributed by atoms with E-state index >= 15 is 0 Å². The number of hydrogen-bond acceptors (Lipinski definition) is 4. The maximum atomic E-state index is 11.7. The lowest BCUT2D eigenvalue weighted by atomic mass is 10.3. The summed E-state index contributed by atoms with van der Waals surface area (Å²) in [6, 6.07) is 6.91. The van der Waals surface area contributed by atoms with Crippen LogP contribution in [0.25, 0.3) is 5.69 Å². The SMILES string of the molecule is CN(C)C(=O)c1ccn(-c2ccc(C#N)nc2)n1. The summed E-state index contributed by atoms with van der Waals surface area (Å²) in [7, 11) is 3.34. The second kappa shape index (κ2) is 4.67. The van der Waals surface area contributed by atoms with Crippen LogP contribution in [-0.2, 0) is 0 Å². The van der Waals surface area contributed by atoms with Crippen LogP contribution in [-0.4, -0.2) is 39.7 Å². The van der Waals surface area contributed by atoms with E-state index in [4.69, 9.17) is 5.26 Å². The van der Waals surface area contributed by atoms with Gasteiger partial charge in [-0.15, -0.1) is 0 Å². The molecule has 2 rings (SSSR count). The Labute approximate surface area is 104 Å². The molecule has 0 N–H and O–H groups in total. The Morgan fingerprint density at radius 3 is 2.72 bits per heavy atom. The lowest BCUT2D eigenvalue weighted by Crippen LogP contribution is -2.22. The zero-order chi connectivity index (χ0) is 13.1. The van der Waals surface area contributed by atoms with Crippen LogP contribution in [0.2, 0.25) is 0 Å². The molecule has 0 radical (unpaired) electrons. The van der Waals surface area contributed by atoms with Gasteiger partial charge in [-0.25, -0.2) is 9.67 Å². The highest BCUT2D eigenvalue weighted by atomic mass is 16.2. The Balaban J connectivity index is 2.29. The molecule has 6 heteroatoms. The van der Waals surface area contributed by atoms with Crippen molar-refractivity contribution in [1.29, 1.82) is 5.26 Å². The van der Waals surface area contributed by atoms with Crippen molar-refractivity contribution in [3.63, 3.8) is 0 Å². The Morgan fingerprint density at radius 1 is 1.39 bits per heavy atom. The van der Waals surface area contributed by atoms with E-state index in [0.717, 1.165) is 0 Å². The first-order valence-corrected chi connectivity index (χ1v) is 5.25. The third kappa shape index (κ3) is 2.20. The number of amides is 1. The highest BCUT2D eigenvalue weighted by molar-refractivity contribution is 5.91. The first-order chi connectivity index (χ1) is 8.61. The van der Waals surface area contributed by atoms with E-state index in [2.05, 4.69) is 10.1 Å². The average Bonchev–Trinajstić information content (AvgIpc) is 2.87. The summed E-state index contributed by atoms with van der Waals surface area (Å²) in [5, 5.41) is 12.8. The van der Waals surface area contributed by atoms with Crippen LogP contribution >= 0.6 is 0 Å². The molecule has 2 heterocycles. The Hall–Kier alpha value is -2.68. The van der Waals surface area contributed by atoms with E-state index in [1.54, 1.807) is 43.2 Å². The molecule has 0 atom stereocenters. The molecule has 0 aliphatic carbocycles. The molecule has 0 aliphatic rings. The largest absolute Gasteiger partial charge is 0.343 e. The summed E-state index contributed by atoms with van der Waals surface area (Å²) in [6.07, 6.45) is 3.22. The van der Waals surface area contributed by atoms with Crippen molar-refractivity contribution in [1.82, 2.24) is 19.7 Å². The summed E-state index contributed by atoms with van der Waals surface area (Å²) in [6.45, 7) is 0. The van der Waals surface area contributed by atoms with Gasteiger partial charge in [-0.2, -0.15) is 10.4 Å². The third-order valence-corrected chi connectivity index (χ3v) is 2.34. The van der Waals surface area contributed by atoms with Gasteiger partial charge in [0.15, 0.2) is 5.69 Å². The number of nitriles is 1. The smallest absolute Gasteiger partial charge is 0.273 e. The predicted octanol–water partition coefficient (Wildman–Crippen LogP) is 0.841. The summed E-state index contributed by atoms with van der Waals surface area (Å²) in [5.74, 6) is -0.157. The van der Waals surface area contributed by atoms with Crippen molar-refractivity contribution in [3.05, 3.63) is 42.0 Å². The van der Waals surface area contributed by atoms with Crippen molar-refractivity contribution < 1.29 is 4.79 Å². The number of carbonyl (C=O) groups is 1. The van der Waals surface area contributed by atoms with E-state index < -0.39 is 0 Å². The number of nitrogens with zero attached hydrogens (tertiary/aromatic N) is 5. The molecule has 18 heavy (non-hydrogen) atoms. The Morgan fingerprint density at radius 2 is 2.17 bits per heavy atom. The van der Waals surface area contributed by atoms with Crippen LogP contribution in [0.5, 0.6) is 0 Å². The second-order valence-corrected chi connectivity index (χ2v) is 3.86. The number of hydrogen-bond donors (Lipinski definition) is 0. The molecule has 90 valence electrons. The molecule has 0 saturated carbocycles. The maximum absolute atomic E-state index is 11.7. The number of pyridine rings is 1. The molecule has 2 aromatic rings. The van der Waals surface area contributed by atoms with Crippen LogP contribution in [0, 0.1) is 11.3 Å². The molecule has 0 fully saturated rings. The van der Waals surface area contributed by atoms with E-state index in [9.17, 15) is 4.79 Å². The van der Waals surface area contributed by atoms with Gasteiger partial charge in [0.05, 0.1) is 11.9 Å². The lowest BCUT2D eigenvalue weighted by Gasteiger charge is -2.06. The topological polar surface area (TPSA) is 74.8 Å². The first kappa shape index (κ1) is 11.8. The van der Waals surface area contributed by atoms with Gasteiger partial charge in [-0.05, 0) is 18.2 Å². The fraction of sp³-hybridized carbons (Fsp3) is 0.167. The van der Waals surface area contributed by atoms with Gasteiger partial charge >= 0.3 is 0 Å². The number of rotatable bonds is 2. The molecular formula is C12H11N5O. The quantitative estimate of drug-likeness (QED) is 0.780. The molecule has 0 aliphatic heterocycles. The van der Waals surface area contributed by atoms with Gasteiger partial charge in [0.2, 0.25) is 0 Å². The molecule has 0 saturated heterocycles. The maximum Gasteiger partial charge on any atom is 0.273 e. The lowest BCUT2D eigenvalue weighted by molar-refractivity contribution is 0.0821. The average molecular weight is 241 g/mol. The van der Waals surface area contributed by atoms with Crippen LogP contribution in [0.4, 0.5) is 0 Å². The van der Waals surface area contributed by atoms with Crippen molar-refractivity contribution in [2.24, 2.45) is 0 Å². The highest BCUT2D eigenvalue weighted by Crippen LogP contribution is 2.07. The van der Waals surface area contributed by atoms with Crippen LogP contribution < -0.4 is 0 Å². The summed E-state index contributed by atoms with van der Waals surface area (Å²) < 4.78 is 1.55. The Kier molecular flexibility index (Phi) is 3.06. The zero-order valence-electron chi connectivity index (χ0n) is 10.0. The van der Waals surface area contributed by atoms with Gasteiger partial charge in [-0.3, -0.25) is 4.79 Å². The predicted molar refractivity (Wildman–Crippen MR) is 64.1 cm³/mol. The van der Waals surface area contributed by atoms with Gasteiger partial charge < -0.3 is 4.90 Å². The summed E-state index contributed by atoms with van der Waals surface area (Å²) in [5.41, 5.74) is 1.41. The van der Waals surface area contributed by atoms with Crippen LogP contribution in [0.1, 0.15) is 16.2 Å². The zero-order valence-corrected chi connectivity index (χ0v) is 10.0. The molecule has 0 aromatic carbocycles. The van der Waals surface area contributed by atoms with Crippen LogP contribution in [0.3, 0.4) is 0 Å². The standard InChI is InChI=1S/C12H11N5O/c1-16(2)12(18)11-5-6-17(15-11)10-4-3-9(7-13)14-8-10/h3-6,8H,1-2H3. The number of carbonyl (C=O) groups excluding carboxylic acids is 1. The van der Waals surface area contributed by atoms with Crippen LogP contribution in [0.15, 0.2) is 30.6 Å². The molecule has 6 nitrogen and oxygen atoms in total. The molecule has 0 unspecified atom stereocenters. The molecule has 2 aromatic heterocycles. The fourth-order valence-corrected chi connectivity index (χ4v) is 1.40. The summed E-state index contributed by atoms with van der Waals surface area (Å²) >= 11 is 0. The molecule has 1 amide bonds. The van der Waals surface area contributed by atoms with Crippen molar-refractivity contribution in [2.45, 2.75) is 0 Å². The summed E-state index contributed by atoms with van der Waals surface area (Å²) in [4.78, 5) is 17.1. The minimum Gasteiger partial charge on any atom is -0.343 e. The van der Waals surface area contributed by atoms with E-state index in [-0.39, 0.29) is 5.91 Å². The number of aromatic nitrogens is 3. The Bertz CT molecular complexity index is 606. The molecule has 0 spiro atoms. The minimum atomic E-state index is -0.157. The highest BCUT2D eigenvalue weighted by Gasteiger charge is 2.11. The van der Waals surface area contributed by atoms with Gasteiger partial charge in [0, 0.05) is 20.3 Å². The fourth-order valence-electron chi connectivity index (χ4n) is 1.40. The molecule has 0 bridgehead atoms. The minimum absolute atomic E-state index is 0.157. The third-order valence-electron chi connectivity index (χ3n) is 2.34. The van der Waals surface area contributed by atoms with Gasteiger partial charge in [-0.1, -0.05) is 0 Å². The van der Waals surface area contributed by atoms with E-state index in [0.29, 0.717) is 17.1 Å². The normalized spacial score (nSPS) is 9.83. The monoisotopic (exact) mass is 241 g/mol. The van der Waals surface area contributed by atoms with E-state index in [1.807, 2.05) is 6.07 Å². The van der Waals surface area contributed by atoms with Crippen molar-refractivity contribution in [3.8, 4) is 11.8 Å². The molecular weight excluding hydrogens is 230 g/mol. The van der Waals surface area contributed by atoms with E-state index in [1.165, 1.54) is 11.1 Å². The van der Waals surface area contributed by atoms with Crippen molar-refractivity contribution >= 4 is 5.91 Å². The van der Waals surface area contributed by atoms with Gasteiger partial charge in [0.1, 0.15) is 11.8 Å². The second-order valence-electron chi connectivity index (χ2n) is 3.86. The van der Waals surface area contributed by atoms with Gasteiger partial charge in [0.25, 0.3) is 5.91 Å².